The summed E-state index contributed by atoms with van der Waals surface area (Å²) in [6.45, 7) is 2.48. The molecular formula is C33H44F4N2O4S. The molecule has 2 aromatic rings. The molecule has 2 aliphatic carbocycles. The summed E-state index contributed by atoms with van der Waals surface area (Å²) >= 11 is 0. The van der Waals surface area contributed by atoms with E-state index in [4.69, 9.17) is 4.84 Å². The molecule has 2 fully saturated rings. The van der Waals surface area contributed by atoms with E-state index in [0.29, 0.717) is 11.1 Å². The molecule has 0 bridgehead atoms. The average molecular weight is 641 g/mol. The third-order valence-electron chi connectivity index (χ3n) is 8.59. The van der Waals surface area contributed by atoms with E-state index >= 15 is 0 Å². The third-order valence-corrected chi connectivity index (χ3v) is 9.72. The van der Waals surface area contributed by atoms with Gasteiger partial charge in [0.15, 0.2) is 9.84 Å². The Morgan fingerprint density at radius 2 is 1.30 bits per heavy atom. The Balaban J connectivity index is 1.57. The van der Waals surface area contributed by atoms with E-state index in [9.17, 15) is 30.8 Å². The smallest absolute Gasteiger partial charge is 0.366 e. The molecular weight excluding hydrogens is 596 g/mol. The normalized spacial score (nSPS) is 19.1. The number of carbonyl (C=O) groups is 1. The standard InChI is InChI=1S/C33H44F4N2O4S/c1-32(2,34)22-29(31(40)43-39(26-10-6-4-7-11-26)27-12-8-5-9-13-27)38-30(33(35,36)37)25-16-14-23(15-17-25)24-18-20-28(21-19-24)44(3,41)42/h14-21,26-27,29-30,38H,4-13,22H2,1-3H3/t29-,30-/m0/s1. The SMILES string of the molecule is CC(C)(F)C[C@H](N[C@@H](c1ccc(-c2ccc(S(C)(=O)=O)cc2)cc1)C(F)(F)F)C(=O)ON(C1CCCCC1)C1CCCCC1. The maximum absolute atomic E-state index is 15.0. The van der Waals surface area contributed by atoms with Crippen LogP contribution in [0.3, 0.4) is 0 Å². The first kappa shape index (κ1) is 34.4. The van der Waals surface area contributed by atoms with Gasteiger partial charge < -0.3 is 4.84 Å². The van der Waals surface area contributed by atoms with Gasteiger partial charge in [0, 0.05) is 24.8 Å². The first-order valence-electron chi connectivity index (χ1n) is 15.5. The average Bonchev–Trinajstić information content (AvgIpc) is 2.97. The molecule has 0 unspecified atom stereocenters. The van der Waals surface area contributed by atoms with Crippen molar-refractivity contribution >= 4 is 15.8 Å². The second-order valence-corrected chi connectivity index (χ2v) is 14.9. The van der Waals surface area contributed by atoms with Crippen LogP contribution in [0.25, 0.3) is 11.1 Å². The zero-order valence-electron chi connectivity index (χ0n) is 25.7. The van der Waals surface area contributed by atoms with Crippen molar-refractivity contribution in [2.24, 2.45) is 0 Å². The van der Waals surface area contributed by atoms with Gasteiger partial charge in [-0.25, -0.2) is 17.6 Å². The molecule has 11 heteroatoms. The maximum Gasteiger partial charge on any atom is 0.407 e. The van der Waals surface area contributed by atoms with Crippen molar-refractivity contribution in [1.82, 2.24) is 10.4 Å². The highest BCUT2D eigenvalue weighted by Crippen LogP contribution is 2.36. The number of benzene rings is 2. The van der Waals surface area contributed by atoms with Crippen LogP contribution in [0.1, 0.15) is 96.1 Å². The summed E-state index contributed by atoms with van der Waals surface area (Å²) in [5.74, 6) is -0.899. The minimum absolute atomic E-state index is 0.00675. The van der Waals surface area contributed by atoms with Crippen LogP contribution in [0.4, 0.5) is 17.6 Å². The number of sulfone groups is 1. The molecule has 2 saturated carbocycles. The number of carbonyl (C=O) groups excluding carboxylic acids is 1. The molecule has 244 valence electrons. The van der Waals surface area contributed by atoms with E-state index in [2.05, 4.69) is 5.32 Å². The van der Waals surface area contributed by atoms with Crippen molar-refractivity contribution in [1.29, 1.82) is 0 Å². The van der Waals surface area contributed by atoms with Crippen molar-refractivity contribution in [3.8, 4) is 11.1 Å². The minimum atomic E-state index is -4.79. The number of hydrogen-bond donors (Lipinski definition) is 1. The van der Waals surface area contributed by atoms with Crippen molar-refractivity contribution in [2.45, 2.75) is 125 Å². The zero-order valence-corrected chi connectivity index (χ0v) is 26.5. The molecule has 2 aromatic carbocycles. The summed E-state index contributed by atoms with van der Waals surface area (Å²) in [7, 11) is -3.39. The van der Waals surface area contributed by atoms with Crippen molar-refractivity contribution in [3.05, 3.63) is 54.1 Å². The van der Waals surface area contributed by atoms with Crippen LogP contribution < -0.4 is 5.32 Å². The van der Waals surface area contributed by atoms with E-state index in [1.54, 1.807) is 17.2 Å². The molecule has 0 heterocycles. The molecule has 1 N–H and O–H groups in total. The number of halogens is 4. The Hall–Kier alpha value is -2.50. The molecule has 2 aliphatic rings. The van der Waals surface area contributed by atoms with Gasteiger partial charge in [-0.2, -0.15) is 13.2 Å². The third kappa shape index (κ3) is 9.50. The largest absolute Gasteiger partial charge is 0.407 e. The highest BCUT2D eigenvalue weighted by Gasteiger charge is 2.45. The zero-order chi connectivity index (χ0) is 32.1. The van der Waals surface area contributed by atoms with Gasteiger partial charge in [0.05, 0.1) is 4.90 Å². The Morgan fingerprint density at radius 3 is 1.70 bits per heavy atom. The molecule has 0 aromatic heterocycles. The van der Waals surface area contributed by atoms with E-state index in [0.717, 1.165) is 70.5 Å². The van der Waals surface area contributed by atoms with Gasteiger partial charge in [-0.1, -0.05) is 74.9 Å². The van der Waals surface area contributed by atoms with Gasteiger partial charge in [-0.05, 0) is 68.4 Å². The van der Waals surface area contributed by atoms with Gasteiger partial charge in [0.1, 0.15) is 17.8 Å². The monoisotopic (exact) mass is 640 g/mol. The van der Waals surface area contributed by atoms with E-state index in [-0.39, 0.29) is 22.5 Å². The lowest BCUT2D eigenvalue weighted by atomic mass is 9.90. The molecule has 4 rings (SSSR count). The Morgan fingerprint density at radius 1 is 0.841 bits per heavy atom. The Labute approximate surface area is 258 Å². The fourth-order valence-corrected chi connectivity index (χ4v) is 6.96. The summed E-state index contributed by atoms with van der Waals surface area (Å²) < 4.78 is 82.0. The fraction of sp³-hybridized carbons (Fsp3) is 0.606. The number of nitrogens with zero attached hydrogens (tertiary/aromatic N) is 1. The molecule has 0 amide bonds. The quantitative estimate of drug-likeness (QED) is 0.199. The number of hydroxylamine groups is 2. The predicted molar refractivity (Wildman–Crippen MR) is 162 cm³/mol. The highest BCUT2D eigenvalue weighted by molar-refractivity contribution is 7.90. The molecule has 0 aliphatic heterocycles. The van der Waals surface area contributed by atoms with Crippen molar-refractivity contribution in [3.63, 3.8) is 0 Å². The molecule has 6 nitrogen and oxygen atoms in total. The number of nitrogens with one attached hydrogen (secondary N) is 1. The second-order valence-electron chi connectivity index (χ2n) is 12.9. The summed E-state index contributed by atoms with van der Waals surface area (Å²) in [4.78, 5) is 19.7. The topological polar surface area (TPSA) is 75.7 Å². The molecule has 2 atom stereocenters. The summed E-state index contributed by atoms with van der Waals surface area (Å²) in [6, 6.07) is 7.91. The van der Waals surface area contributed by atoms with E-state index < -0.39 is 46.2 Å². The first-order valence-corrected chi connectivity index (χ1v) is 17.4. The van der Waals surface area contributed by atoms with E-state index in [1.807, 2.05) is 0 Å². The summed E-state index contributed by atoms with van der Waals surface area (Å²) in [6.07, 6.45) is 5.41. The van der Waals surface area contributed by atoms with Crippen molar-refractivity contribution in [2.75, 3.05) is 6.26 Å². The van der Waals surface area contributed by atoms with E-state index in [1.165, 1.54) is 50.2 Å². The minimum Gasteiger partial charge on any atom is -0.366 e. The van der Waals surface area contributed by atoms with Crippen LogP contribution in [0, 0.1) is 0 Å². The molecule has 44 heavy (non-hydrogen) atoms. The van der Waals surface area contributed by atoms with Crippen LogP contribution in [0.15, 0.2) is 53.4 Å². The van der Waals surface area contributed by atoms with Gasteiger partial charge in [-0.15, -0.1) is 5.06 Å². The number of alkyl halides is 4. The Bertz CT molecular complexity index is 1310. The maximum atomic E-state index is 15.0. The van der Waals surface area contributed by atoms with Crippen LogP contribution in [0.5, 0.6) is 0 Å². The van der Waals surface area contributed by atoms with Crippen LogP contribution in [0.2, 0.25) is 0 Å². The Kier molecular flexibility index (Phi) is 11.2. The van der Waals surface area contributed by atoms with Crippen LogP contribution in [-0.2, 0) is 19.5 Å². The molecule has 0 saturated heterocycles. The van der Waals surface area contributed by atoms with Gasteiger partial charge in [0.25, 0.3) is 0 Å². The lowest BCUT2D eigenvalue weighted by Gasteiger charge is -2.40. The highest BCUT2D eigenvalue weighted by atomic mass is 32.2. The lowest BCUT2D eigenvalue weighted by Crippen LogP contribution is -2.52. The number of hydrogen-bond acceptors (Lipinski definition) is 6. The second kappa shape index (κ2) is 14.3. The molecule has 0 spiro atoms. The van der Waals surface area contributed by atoms with Crippen LogP contribution in [-0.4, -0.2) is 55.7 Å². The number of rotatable bonds is 11. The van der Waals surface area contributed by atoms with Crippen LogP contribution >= 0.6 is 0 Å². The first-order chi connectivity index (χ1) is 20.6. The van der Waals surface area contributed by atoms with Crippen molar-refractivity contribution < 1.29 is 35.6 Å². The molecule has 0 radical (unpaired) electrons. The van der Waals surface area contributed by atoms with Gasteiger partial charge in [0.2, 0.25) is 0 Å². The lowest BCUT2D eigenvalue weighted by molar-refractivity contribution is -0.227. The fourth-order valence-electron chi connectivity index (χ4n) is 6.32. The van der Waals surface area contributed by atoms with Gasteiger partial charge in [-0.3, -0.25) is 5.32 Å². The summed E-state index contributed by atoms with van der Waals surface area (Å²) in [5.41, 5.74) is -0.854. The van der Waals surface area contributed by atoms with Gasteiger partial charge >= 0.3 is 12.1 Å². The summed E-state index contributed by atoms with van der Waals surface area (Å²) in [5, 5.41) is 4.17. The predicted octanol–water partition coefficient (Wildman–Crippen LogP) is 7.88.